The van der Waals surface area contributed by atoms with Crippen LogP contribution in [-0.2, 0) is 0 Å². The van der Waals surface area contributed by atoms with E-state index in [4.69, 9.17) is 0 Å². The van der Waals surface area contributed by atoms with Gasteiger partial charge in [0.25, 0.3) is 0 Å². The summed E-state index contributed by atoms with van der Waals surface area (Å²) in [6, 6.07) is 0. The molecule has 0 aliphatic heterocycles. The maximum Gasteiger partial charge on any atom is 0.0811 e. The number of rotatable bonds is 6. The molecule has 2 aliphatic rings. The maximum atomic E-state index is 10.0. The second kappa shape index (κ2) is 9.96. The number of allylic oxidation sites excluding steroid dienone is 3. The molecule has 0 aromatic rings. The Morgan fingerprint density at radius 3 is 2.52 bits per heavy atom. The fraction of sp³-hybridized carbons (Fsp3) is 0.778. The van der Waals surface area contributed by atoms with Gasteiger partial charge in [0.2, 0.25) is 0 Å². The molecule has 0 saturated heterocycles. The van der Waals surface area contributed by atoms with Crippen molar-refractivity contribution in [2.45, 2.75) is 105 Å². The second-order valence-electron chi connectivity index (χ2n) is 11.8. The summed E-state index contributed by atoms with van der Waals surface area (Å²) in [4.78, 5) is 0. The first-order valence-corrected chi connectivity index (χ1v) is 11.8. The average molecular weight is 403 g/mol. The third-order valence-corrected chi connectivity index (χ3v) is 7.44. The van der Waals surface area contributed by atoms with Crippen molar-refractivity contribution in [2.75, 3.05) is 0 Å². The smallest absolute Gasteiger partial charge is 0.0811 e. The predicted molar refractivity (Wildman–Crippen MR) is 125 cm³/mol. The van der Waals surface area contributed by atoms with Gasteiger partial charge in [-0.2, -0.15) is 0 Å². The molecule has 2 aliphatic carbocycles. The minimum atomic E-state index is -0.606. The molecule has 166 valence electrons. The van der Waals surface area contributed by atoms with E-state index in [1.54, 1.807) is 0 Å². The molecular weight excluding hydrogens is 356 g/mol. The van der Waals surface area contributed by atoms with Crippen molar-refractivity contribution in [1.29, 1.82) is 0 Å². The molecule has 2 saturated carbocycles. The first-order valence-electron chi connectivity index (χ1n) is 11.8. The SMILES string of the molecule is C=C1/C(=C\C=C\C2CC[C@H]([C@H](C)CCCC(C)(C)C)CC2(C)C)C[C@@H](O)C[C@@H]1O. The van der Waals surface area contributed by atoms with Gasteiger partial charge in [-0.15, -0.1) is 0 Å². The molecule has 2 fully saturated rings. The van der Waals surface area contributed by atoms with Crippen LogP contribution < -0.4 is 0 Å². The molecule has 0 aromatic heterocycles. The zero-order valence-corrected chi connectivity index (χ0v) is 19.9. The van der Waals surface area contributed by atoms with Crippen LogP contribution >= 0.6 is 0 Å². The molecule has 5 atom stereocenters. The van der Waals surface area contributed by atoms with E-state index < -0.39 is 12.2 Å². The maximum absolute atomic E-state index is 10.0. The Bertz CT molecular complexity index is 605. The molecule has 1 unspecified atom stereocenters. The van der Waals surface area contributed by atoms with Crippen molar-refractivity contribution in [2.24, 2.45) is 28.6 Å². The normalized spacial score (nSPS) is 33.4. The molecular formula is C27H46O2. The van der Waals surface area contributed by atoms with E-state index in [0.29, 0.717) is 29.6 Å². The quantitative estimate of drug-likeness (QED) is 0.511. The highest BCUT2D eigenvalue weighted by Crippen LogP contribution is 2.47. The summed E-state index contributed by atoms with van der Waals surface area (Å²) in [5.41, 5.74) is 2.53. The van der Waals surface area contributed by atoms with Crippen molar-refractivity contribution in [3.05, 3.63) is 36.0 Å². The summed E-state index contributed by atoms with van der Waals surface area (Å²) in [7, 11) is 0. The standard InChI is InChI=1S/C27H46O2/c1-19(10-9-15-26(3,4)5)22-13-14-23(27(6,7)18-22)12-8-11-21-16-24(28)17-25(29)20(21)2/h8,11-12,19,22-25,28-29H,2,9-10,13-18H2,1,3-7H3/b12-8+,21-11-/t19-,22+,23?,24-,25+/m1/s1. The molecule has 0 amide bonds. The van der Waals surface area contributed by atoms with E-state index in [1.807, 2.05) is 0 Å². The largest absolute Gasteiger partial charge is 0.393 e. The Morgan fingerprint density at radius 1 is 1.21 bits per heavy atom. The summed E-state index contributed by atoms with van der Waals surface area (Å²) in [5, 5.41) is 19.9. The Hall–Kier alpha value is -0.860. The fourth-order valence-electron chi connectivity index (χ4n) is 5.31. The van der Waals surface area contributed by atoms with E-state index in [9.17, 15) is 10.2 Å². The van der Waals surface area contributed by atoms with Crippen molar-refractivity contribution in [3.8, 4) is 0 Å². The molecule has 2 heteroatoms. The van der Waals surface area contributed by atoms with Gasteiger partial charge in [0, 0.05) is 6.42 Å². The van der Waals surface area contributed by atoms with Crippen LogP contribution in [0.4, 0.5) is 0 Å². The van der Waals surface area contributed by atoms with Crippen LogP contribution in [0.2, 0.25) is 0 Å². The van der Waals surface area contributed by atoms with Gasteiger partial charge in [0.15, 0.2) is 0 Å². The lowest BCUT2D eigenvalue weighted by Crippen LogP contribution is -2.33. The van der Waals surface area contributed by atoms with E-state index in [2.05, 4.69) is 66.3 Å². The van der Waals surface area contributed by atoms with Crippen LogP contribution in [0, 0.1) is 28.6 Å². The van der Waals surface area contributed by atoms with Crippen LogP contribution in [0.25, 0.3) is 0 Å². The Kier molecular flexibility index (Phi) is 8.39. The number of aliphatic hydroxyl groups excluding tert-OH is 2. The van der Waals surface area contributed by atoms with Crippen LogP contribution in [-0.4, -0.2) is 22.4 Å². The molecule has 29 heavy (non-hydrogen) atoms. The highest BCUT2D eigenvalue weighted by molar-refractivity contribution is 5.37. The summed E-state index contributed by atoms with van der Waals surface area (Å²) in [6.07, 6.45) is 14.4. The third kappa shape index (κ3) is 7.40. The molecule has 0 heterocycles. The Morgan fingerprint density at radius 2 is 1.90 bits per heavy atom. The van der Waals surface area contributed by atoms with E-state index in [1.165, 1.54) is 38.5 Å². The van der Waals surface area contributed by atoms with Gasteiger partial charge in [-0.05, 0) is 71.8 Å². The lowest BCUT2D eigenvalue weighted by Gasteiger charge is -2.43. The first-order chi connectivity index (χ1) is 13.4. The number of hydrogen-bond acceptors (Lipinski definition) is 2. The minimum Gasteiger partial charge on any atom is -0.393 e. The van der Waals surface area contributed by atoms with Crippen molar-refractivity contribution in [3.63, 3.8) is 0 Å². The fourth-order valence-corrected chi connectivity index (χ4v) is 5.31. The second-order valence-corrected chi connectivity index (χ2v) is 11.8. The van der Waals surface area contributed by atoms with Gasteiger partial charge in [0.1, 0.15) is 0 Å². The van der Waals surface area contributed by atoms with Crippen molar-refractivity contribution >= 4 is 0 Å². The number of aliphatic hydroxyl groups is 2. The van der Waals surface area contributed by atoms with Gasteiger partial charge in [-0.1, -0.05) is 79.2 Å². The highest BCUT2D eigenvalue weighted by atomic mass is 16.3. The summed E-state index contributed by atoms with van der Waals surface area (Å²) in [5.74, 6) is 2.25. The lowest BCUT2D eigenvalue weighted by molar-refractivity contribution is 0.0862. The summed E-state index contributed by atoms with van der Waals surface area (Å²) < 4.78 is 0. The predicted octanol–water partition coefficient (Wildman–Crippen LogP) is 6.84. The molecule has 2 nitrogen and oxygen atoms in total. The van der Waals surface area contributed by atoms with E-state index >= 15 is 0 Å². The van der Waals surface area contributed by atoms with Gasteiger partial charge in [-0.25, -0.2) is 0 Å². The van der Waals surface area contributed by atoms with Crippen LogP contribution in [0.5, 0.6) is 0 Å². The van der Waals surface area contributed by atoms with E-state index in [0.717, 1.165) is 23.0 Å². The summed E-state index contributed by atoms with van der Waals surface area (Å²) >= 11 is 0. The zero-order valence-electron chi connectivity index (χ0n) is 19.9. The van der Waals surface area contributed by atoms with Crippen molar-refractivity contribution < 1.29 is 10.2 Å². The van der Waals surface area contributed by atoms with Crippen molar-refractivity contribution in [1.82, 2.24) is 0 Å². The molecule has 0 spiro atoms. The van der Waals surface area contributed by atoms with Crippen LogP contribution in [0.1, 0.15) is 92.9 Å². The molecule has 2 rings (SSSR count). The third-order valence-electron chi connectivity index (χ3n) is 7.44. The zero-order chi connectivity index (χ0) is 21.8. The molecule has 0 bridgehead atoms. The van der Waals surface area contributed by atoms with Crippen LogP contribution in [0.3, 0.4) is 0 Å². The highest BCUT2D eigenvalue weighted by Gasteiger charge is 2.37. The monoisotopic (exact) mass is 402 g/mol. The van der Waals surface area contributed by atoms with E-state index in [-0.39, 0.29) is 0 Å². The Balaban J connectivity index is 1.90. The van der Waals surface area contributed by atoms with Gasteiger partial charge in [-0.3, -0.25) is 0 Å². The van der Waals surface area contributed by atoms with Gasteiger partial charge >= 0.3 is 0 Å². The lowest BCUT2D eigenvalue weighted by atomic mass is 9.62. The first kappa shape index (κ1) is 24.4. The molecule has 0 radical (unpaired) electrons. The average Bonchev–Trinajstić information content (AvgIpc) is 2.58. The molecule has 2 N–H and O–H groups in total. The Labute approximate surface area is 180 Å². The number of hydrogen-bond donors (Lipinski definition) is 2. The van der Waals surface area contributed by atoms with Crippen LogP contribution in [0.15, 0.2) is 36.0 Å². The van der Waals surface area contributed by atoms with Gasteiger partial charge in [0.05, 0.1) is 12.2 Å². The topological polar surface area (TPSA) is 40.5 Å². The summed E-state index contributed by atoms with van der Waals surface area (Å²) in [6.45, 7) is 18.4. The molecule has 0 aromatic carbocycles. The van der Waals surface area contributed by atoms with Gasteiger partial charge < -0.3 is 10.2 Å². The minimum absolute atomic E-state index is 0.318.